The van der Waals surface area contributed by atoms with Gasteiger partial charge in [0.1, 0.15) is 0 Å². The number of aromatic nitrogens is 1. The Hall–Kier alpha value is -2.83. The van der Waals surface area contributed by atoms with E-state index >= 15 is 0 Å². The lowest BCUT2D eigenvalue weighted by atomic mass is 10.1. The molecule has 0 saturated carbocycles. The third-order valence-electron chi connectivity index (χ3n) is 6.51. The number of benzene rings is 2. The van der Waals surface area contributed by atoms with Gasteiger partial charge in [-0.1, -0.05) is 48.5 Å². The van der Waals surface area contributed by atoms with Crippen LogP contribution in [0.25, 0.3) is 10.9 Å². The minimum absolute atomic E-state index is 0.240. The lowest BCUT2D eigenvalue weighted by Crippen LogP contribution is -2.50. The zero-order valence-corrected chi connectivity index (χ0v) is 18.1. The first-order valence-corrected chi connectivity index (χ1v) is 11.2. The minimum atomic E-state index is 0.240. The van der Waals surface area contributed by atoms with Crippen LogP contribution in [0.4, 0.5) is 0 Å². The molecule has 3 aromatic rings. The minimum Gasteiger partial charge on any atom is -0.373 e. The maximum absolute atomic E-state index is 6.14. The molecule has 0 spiro atoms. The second-order valence-corrected chi connectivity index (χ2v) is 8.42. The topological polar surface area (TPSA) is 55.9 Å². The second-order valence-electron chi connectivity index (χ2n) is 8.42. The quantitative estimate of drug-likeness (QED) is 0.495. The molecule has 0 aliphatic carbocycles. The van der Waals surface area contributed by atoms with Crippen LogP contribution in [0, 0.1) is 0 Å². The van der Waals surface area contributed by atoms with Crippen molar-refractivity contribution < 1.29 is 4.74 Å². The summed E-state index contributed by atoms with van der Waals surface area (Å²) in [5, 5.41) is 4.88. The van der Waals surface area contributed by atoms with Crippen molar-refractivity contribution in [1.29, 1.82) is 0 Å². The van der Waals surface area contributed by atoms with Gasteiger partial charge in [-0.05, 0) is 23.6 Å². The van der Waals surface area contributed by atoms with Crippen LogP contribution in [-0.4, -0.2) is 72.7 Å². The molecule has 3 heterocycles. The summed E-state index contributed by atoms with van der Waals surface area (Å²) in [6, 6.07) is 19.6. The van der Waals surface area contributed by atoms with Gasteiger partial charge in [0.2, 0.25) is 0 Å². The molecule has 2 aromatic carbocycles. The van der Waals surface area contributed by atoms with Gasteiger partial charge >= 0.3 is 0 Å². The van der Waals surface area contributed by atoms with E-state index in [4.69, 9.17) is 4.74 Å². The standard InChI is InChI=1S/C25H31N5O/c1-26-25(27-12-11-20-15-28-22-10-6-5-9-21(20)22)30-17-23-24(18-30)31-14-13-29(23)16-19-7-3-2-4-8-19/h2-10,15,23-24,28H,11-14,16-18H2,1H3,(H,26,27). The summed E-state index contributed by atoms with van der Waals surface area (Å²) in [6.45, 7) is 5.46. The molecule has 2 fully saturated rings. The predicted octanol–water partition coefficient (Wildman–Crippen LogP) is 2.87. The molecule has 1 aromatic heterocycles. The molecule has 0 amide bonds. The Kier molecular flexibility index (Phi) is 5.91. The summed E-state index contributed by atoms with van der Waals surface area (Å²) < 4.78 is 6.14. The van der Waals surface area contributed by atoms with Crippen molar-refractivity contribution in [3.8, 4) is 0 Å². The molecule has 31 heavy (non-hydrogen) atoms. The number of rotatable bonds is 5. The summed E-state index contributed by atoms with van der Waals surface area (Å²) in [5.41, 5.74) is 3.90. The Balaban J connectivity index is 1.19. The average molecular weight is 418 g/mol. The number of H-pyrrole nitrogens is 1. The monoisotopic (exact) mass is 417 g/mol. The van der Waals surface area contributed by atoms with E-state index in [1.54, 1.807) is 0 Å². The van der Waals surface area contributed by atoms with Crippen LogP contribution in [0.1, 0.15) is 11.1 Å². The molecule has 2 unspecified atom stereocenters. The van der Waals surface area contributed by atoms with Gasteiger partial charge in [0.15, 0.2) is 5.96 Å². The normalized spacial score (nSPS) is 22.1. The van der Waals surface area contributed by atoms with E-state index in [0.717, 1.165) is 51.7 Å². The fraction of sp³-hybridized carbons (Fsp3) is 0.400. The number of para-hydroxylation sites is 1. The molecule has 6 heteroatoms. The lowest BCUT2D eigenvalue weighted by Gasteiger charge is -2.36. The fourth-order valence-electron chi connectivity index (χ4n) is 4.93. The maximum atomic E-state index is 6.14. The van der Waals surface area contributed by atoms with Crippen LogP contribution in [0.15, 0.2) is 65.8 Å². The molecule has 0 bridgehead atoms. The van der Waals surface area contributed by atoms with Gasteiger partial charge < -0.3 is 19.9 Å². The zero-order valence-electron chi connectivity index (χ0n) is 18.1. The number of hydrogen-bond donors (Lipinski definition) is 2. The van der Waals surface area contributed by atoms with E-state index in [-0.39, 0.29) is 6.10 Å². The van der Waals surface area contributed by atoms with E-state index in [1.165, 1.54) is 22.0 Å². The Labute approximate surface area is 183 Å². The van der Waals surface area contributed by atoms with Crippen LogP contribution < -0.4 is 5.32 Å². The van der Waals surface area contributed by atoms with Gasteiger partial charge in [0.05, 0.1) is 18.8 Å². The van der Waals surface area contributed by atoms with E-state index in [0.29, 0.717) is 6.04 Å². The van der Waals surface area contributed by atoms with E-state index < -0.39 is 0 Å². The number of guanidine groups is 1. The number of aromatic amines is 1. The fourth-order valence-corrected chi connectivity index (χ4v) is 4.93. The third kappa shape index (κ3) is 4.31. The number of morpholine rings is 1. The number of aliphatic imine (C=N–C) groups is 1. The second kappa shape index (κ2) is 9.12. The summed E-state index contributed by atoms with van der Waals surface area (Å²) >= 11 is 0. The summed E-state index contributed by atoms with van der Waals surface area (Å²) in [4.78, 5) is 12.9. The highest BCUT2D eigenvalue weighted by Crippen LogP contribution is 2.25. The van der Waals surface area contributed by atoms with E-state index in [2.05, 4.69) is 85.9 Å². The SMILES string of the molecule is CN=C(NCCc1c[nH]c2ccccc12)N1CC2OCCN(Cc3ccccc3)C2C1. The summed E-state index contributed by atoms with van der Waals surface area (Å²) in [5.74, 6) is 0.970. The van der Waals surface area contributed by atoms with Crippen molar-refractivity contribution in [2.45, 2.75) is 25.1 Å². The van der Waals surface area contributed by atoms with Crippen LogP contribution in [0.3, 0.4) is 0 Å². The molecule has 5 rings (SSSR count). The number of ether oxygens (including phenoxy) is 1. The van der Waals surface area contributed by atoms with Crippen molar-refractivity contribution in [2.75, 3.05) is 39.8 Å². The molecule has 2 N–H and O–H groups in total. The van der Waals surface area contributed by atoms with Crippen molar-refractivity contribution in [1.82, 2.24) is 20.1 Å². The molecule has 2 aliphatic rings. The van der Waals surface area contributed by atoms with Gasteiger partial charge in [-0.2, -0.15) is 0 Å². The highest BCUT2D eigenvalue weighted by molar-refractivity contribution is 5.83. The number of fused-ring (bicyclic) bond motifs is 2. The van der Waals surface area contributed by atoms with Crippen molar-refractivity contribution in [3.05, 3.63) is 71.9 Å². The Morgan fingerprint density at radius 2 is 1.97 bits per heavy atom. The lowest BCUT2D eigenvalue weighted by molar-refractivity contribution is -0.0502. The number of hydrogen-bond acceptors (Lipinski definition) is 3. The van der Waals surface area contributed by atoms with Crippen molar-refractivity contribution in [3.63, 3.8) is 0 Å². The Morgan fingerprint density at radius 3 is 2.84 bits per heavy atom. The first-order valence-electron chi connectivity index (χ1n) is 11.2. The zero-order chi connectivity index (χ0) is 21.0. The summed E-state index contributed by atoms with van der Waals surface area (Å²) in [7, 11) is 1.87. The van der Waals surface area contributed by atoms with Crippen LogP contribution >= 0.6 is 0 Å². The number of nitrogens with zero attached hydrogens (tertiary/aromatic N) is 3. The molecular weight excluding hydrogens is 386 g/mol. The smallest absolute Gasteiger partial charge is 0.193 e. The molecule has 2 atom stereocenters. The third-order valence-corrected chi connectivity index (χ3v) is 6.51. The van der Waals surface area contributed by atoms with Gasteiger partial charge in [-0.25, -0.2) is 0 Å². The first kappa shape index (κ1) is 20.1. The predicted molar refractivity (Wildman–Crippen MR) is 125 cm³/mol. The molecule has 0 radical (unpaired) electrons. The van der Waals surface area contributed by atoms with Gasteiger partial charge in [0, 0.05) is 56.9 Å². The van der Waals surface area contributed by atoms with Gasteiger partial charge in [-0.3, -0.25) is 9.89 Å². The Morgan fingerprint density at radius 1 is 1.13 bits per heavy atom. The highest BCUT2D eigenvalue weighted by Gasteiger charge is 2.41. The first-order chi connectivity index (χ1) is 15.3. The summed E-state index contributed by atoms with van der Waals surface area (Å²) in [6.07, 6.45) is 3.32. The largest absolute Gasteiger partial charge is 0.373 e. The Bertz CT molecular complexity index is 1030. The molecule has 2 aliphatic heterocycles. The molecular formula is C25H31N5O. The van der Waals surface area contributed by atoms with Crippen molar-refractivity contribution in [2.24, 2.45) is 4.99 Å². The molecule has 6 nitrogen and oxygen atoms in total. The average Bonchev–Trinajstić information content (AvgIpc) is 3.42. The van der Waals surface area contributed by atoms with Crippen LogP contribution in [-0.2, 0) is 17.7 Å². The molecule has 2 saturated heterocycles. The van der Waals surface area contributed by atoms with Crippen LogP contribution in [0.2, 0.25) is 0 Å². The number of nitrogens with one attached hydrogen (secondary N) is 2. The highest BCUT2D eigenvalue weighted by atomic mass is 16.5. The van der Waals surface area contributed by atoms with Gasteiger partial charge in [0.25, 0.3) is 0 Å². The molecule has 162 valence electrons. The van der Waals surface area contributed by atoms with E-state index in [1.807, 2.05) is 7.05 Å². The van der Waals surface area contributed by atoms with Crippen molar-refractivity contribution >= 4 is 16.9 Å². The number of likely N-dealkylation sites (tertiary alicyclic amines) is 1. The maximum Gasteiger partial charge on any atom is 0.193 e. The van der Waals surface area contributed by atoms with Crippen LogP contribution in [0.5, 0.6) is 0 Å². The van der Waals surface area contributed by atoms with Gasteiger partial charge in [-0.15, -0.1) is 0 Å². The van der Waals surface area contributed by atoms with E-state index in [9.17, 15) is 0 Å².